The van der Waals surface area contributed by atoms with Crippen molar-refractivity contribution in [1.82, 2.24) is 4.90 Å². The molecule has 1 N–H and O–H groups in total. The Bertz CT molecular complexity index is 1360. The number of nitrogens with one attached hydrogen (secondary N) is 1. The molecule has 0 aromatic heterocycles. The molecular weight excluding hydrogens is 488 g/mol. The fourth-order valence-electron chi connectivity index (χ4n) is 4.69. The minimum Gasteiger partial charge on any atom is -0.368 e. The number of carbonyl (C=O) groups is 3. The number of benzene rings is 3. The number of anilines is 3. The highest BCUT2D eigenvalue weighted by Crippen LogP contribution is 2.32. The van der Waals surface area contributed by atoms with Crippen molar-refractivity contribution in [1.29, 1.82) is 0 Å². The number of amides is 3. The quantitative estimate of drug-likeness (QED) is 0.485. The third-order valence-corrected chi connectivity index (χ3v) is 7.08. The summed E-state index contributed by atoms with van der Waals surface area (Å²) in [4.78, 5) is 44.3. The van der Waals surface area contributed by atoms with Gasteiger partial charge in [-0.05, 0) is 54.4 Å². The van der Waals surface area contributed by atoms with Crippen LogP contribution in [0.2, 0.25) is 0 Å². The average molecular weight is 515 g/mol. The number of para-hydroxylation sites is 2. The lowest BCUT2D eigenvalue weighted by atomic mass is 10.1. The topological polar surface area (TPSA) is 73.0 Å². The summed E-state index contributed by atoms with van der Waals surface area (Å²) in [5.41, 5.74) is 3.71. The summed E-state index contributed by atoms with van der Waals surface area (Å²) in [6.07, 6.45) is 0.671. The first-order valence-corrected chi connectivity index (χ1v) is 12.7. The van der Waals surface area contributed by atoms with Gasteiger partial charge in [0, 0.05) is 43.1 Å². The summed E-state index contributed by atoms with van der Waals surface area (Å²) in [6, 6.07) is 24.3. The predicted octanol–water partition coefficient (Wildman–Crippen LogP) is 4.65. The van der Waals surface area contributed by atoms with E-state index >= 15 is 0 Å². The largest absolute Gasteiger partial charge is 0.368 e. The molecule has 3 amide bonds. The van der Waals surface area contributed by atoms with Crippen molar-refractivity contribution in [2.45, 2.75) is 13.3 Å². The molecule has 7 nitrogen and oxygen atoms in total. The normalized spacial score (nSPS) is 16.0. The van der Waals surface area contributed by atoms with Gasteiger partial charge in [-0.1, -0.05) is 54.9 Å². The van der Waals surface area contributed by atoms with Crippen molar-refractivity contribution in [3.05, 3.63) is 101 Å². The maximum Gasteiger partial charge on any atom is 0.283 e. The number of aryl methyl sites for hydroxylation is 1. The zero-order valence-electron chi connectivity index (χ0n) is 20.5. The van der Waals surface area contributed by atoms with Crippen LogP contribution in [0, 0.1) is 0 Å². The molecule has 1 saturated heterocycles. The molecule has 0 atom stereocenters. The third kappa shape index (κ3) is 4.82. The second-order valence-corrected chi connectivity index (χ2v) is 9.31. The van der Waals surface area contributed by atoms with Crippen LogP contribution in [0.5, 0.6) is 0 Å². The van der Waals surface area contributed by atoms with E-state index in [1.165, 1.54) is 0 Å². The van der Waals surface area contributed by atoms with Crippen molar-refractivity contribution in [3.63, 3.8) is 0 Å². The fraction of sp³-hybridized carbons (Fsp3) is 0.207. The Balaban J connectivity index is 1.24. The number of hydrogen-bond donors (Lipinski definition) is 1. The summed E-state index contributed by atoms with van der Waals surface area (Å²) in [5, 5.41) is 2.82. The number of imide groups is 1. The monoisotopic (exact) mass is 514 g/mol. The number of piperazine rings is 1. The average Bonchev–Trinajstić information content (AvgIpc) is 3.16. The van der Waals surface area contributed by atoms with E-state index in [1.807, 2.05) is 42.2 Å². The Labute approximate surface area is 220 Å². The second-order valence-electron chi connectivity index (χ2n) is 8.93. The van der Waals surface area contributed by atoms with Gasteiger partial charge >= 0.3 is 0 Å². The molecule has 2 heterocycles. The highest BCUT2D eigenvalue weighted by molar-refractivity contribution is 6.53. The van der Waals surface area contributed by atoms with Crippen molar-refractivity contribution in [2.24, 2.45) is 0 Å². The molecule has 1 fully saturated rings. The van der Waals surface area contributed by atoms with E-state index in [0.717, 1.165) is 29.2 Å². The minimum atomic E-state index is -0.559. The van der Waals surface area contributed by atoms with Crippen LogP contribution in [0.1, 0.15) is 22.8 Å². The Morgan fingerprint density at radius 1 is 0.838 bits per heavy atom. The zero-order chi connectivity index (χ0) is 25.9. The smallest absolute Gasteiger partial charge is 0.283 e. The maximum absolute atomic E-state index is 13.1. The van der Waals surface area contributed by atoms with Gasteiger partial charge in [0.05, 0.1) is 5.69 Å². The van der Waals surface area contributed by atoms with Crippen LogP contribution in [0.15, 0.2) is 89.6 Å². The zero-order valence-corrected chi connectivity index (χ0v) is 21.2. The summed E-state index contributed by atoms with van der Waals surface area (Å²) < 4.78 is 0. The van der Waals surface area contributed by atoms with Crippen LogP contribution in [0.3, 0.4) is 0 Å². The molecule has 5 rings (SSSR count). The van der Waals surface area contributed by atoms with Gasteiger partial charge in [-0.25, -0.2) is 4.90 Å². The van der Waals surface area contributed by atoms with E-state index in [0.29, 0.717) is 36.4 Å². The van der Waals surface area contributed by atoms with Crippen molar-refractivity contribution in [3.8, 4) is 0 Å². The molecule has 2 aliphatic rings. The van der Waals surface area contributed by atoms with Crippen molar-refractivity contribution < 1.29 is 14.4 Å². The van der Waals surface area contributed by atoms with Gasteiger partial charge in [0.2, 0.25) is 0 Å². The number of nitrogens with zero attached hydrogens (tertiary/aromatic N) is 3. The molecular formula is C29H27ClN4O3. The Hall–Kier alpha value is -4.10. The van der Waals surface area contributed by atoms with Crippen molar-refractivity contribution >= 4 is 46.4 Å². The second kappa shape index (κ2) is 10.5. The van der Waals surface area contributed by atoms with Gasteiger partial charge in [-0.2, -0.15) is 0 Å². The van der Waals surface area contributed by atoms with E-state index in [2.05, 4.69) is 22.3 Å². The van der Waals surface area contributed by atoms with Gasteiger partial charge in [0.1, 0.15) is 10.7 Å². The summed E-state index contributed by atoms with van der Waals surface area (Å²) in [6.45, 7) is 4.79. The number of halogens is 1. The number of hydrogen-bond acceptors (Lipinski definition) is 5. The van der Waals surface area contributed by atoms with Crippen molar-refractivity contribution in [2.75, 3.05) is 41.3 Å². The molecule has 0 aliphatic carbocycles. The number of rotatable bonds is 6. The fourth-order valence-corrected chi connectivity index (χ4v) is 4.90. The Morgan fingerprint density at radius 2 is 1.49 bits per heavy atom. The summed E-state index contributed by atoms with van der Waals surface area (Å²) in [7, 11) is 0. The van der Waals surface area contributed by atoms with Crippen LogP contribution >= 0.6 is 11.6 Å². The van der Waals surface area contributed by atoms with E-state index in [-0.39, 0.29) is 16.6 Å². The van der Waals surface area contributed by atoms with E-state index in [1.54, 1.807) is 36.4 Å². The molecule has 37 heavy (non-hydrogen) atoms. The highest BCUT2D eigenvalue weighted by Gasteiger charge is 2.39. The molecule has 0 saturated carbocycles. The van der Waals surface area contributed by atoms with Crippen LogP contribution in [-0.4, -0.2) is 48.8 Å². The SMILES string of the molecule is CCc1ccccc1N1C(=O)C(Cl)=C(Nc2ccc(C(=O)N3CCN(c4ccccc4)CC3)cc2)C1=O. The first-order valence-electron chi connectivity index (χ1n) is 12.3. The van der Waals surface area contributed by atoms with Crippen LogP contribution in [0.25, 0.3) is 0 Å². The third-order valence-electron chi connectivity index (χ3n) is 6.73. The molecule has 3 aromatic carbocycles. The van der Waals surface area contributed by atoms with Crippen LogP contribution in [-0.2, 0) is 16.0 Å². The molecule has 0 bridgehead atoms. The van der Waals surface area contributed by atoms with E-state index in [4.69, 9.17) is 11.6 Å². The van der Waals surface area contributed by atoms with Crippen LogP contribution < -0.4 is 15.1 Å². The van der Waals surface area contributed by atoms with Gasteiger partial charge in [0.25, 0.3) is 17.7 Å². The maximum atomic E-state index is 13.1. The molecule has 188 valence electrons. The Kier molecular flexibility index (Phi) is 6.97. The van der Waals surface area contributed by atoms with E-state index < -0.39 is 11.8 Å². The predicted molar refractivity (Wildman–Crippen MR) is 146 cm³/mol. The first-order chi connectivity index (χ1) is 18.0. The molecule has 8 heteroatoms. The highest BCUT2D eigenvalue weighted by atomic mass is 35.5. The standard InChI is InChI=1S/C29H27ClN4O3/c1-2-20-8-6-7-11-24(20)34-28(36)25(30)26(29(34)37)31-22-14-12-21(13-15-22)27(35)33-18-16-32(17-19-33)23-9-4-3-5-10-23/h3-15,31H,2,16-19H2,1H3. The first kappa shape index (κ1) is 24.6. The van der Waals surface area contributed by atoms with Gasteiger partial charge in [0.15, 0.2) is 0 Å². The molecule has 0 radical (unpaired) electrons. The van der Waals surface area contributed by atoms with Crippen LogP contribution in [0.4, 0.5) is 17.1 Å². The molecule has 2 aliphatic heterocycles. The molecule has 3 aromatic rings. The summed E-state index contributed by atoms with van der Waals surface area (Å²) >= 11 is 6.29. The van der Waals surface area contributed by atoms with Gasteiger partial charge in [-0.15, -0.1) is 0 Å². The lowest BCUT2D eigenvalue weighted by Gasteiger charge is -2.36. The van der Waals surface area contributed by atoms with E-state index in [9.17, 15) is 14.4 Å². The minimum absolute atomic E-state index is 0.0219. The number of carbonyl (C=O) groups excluding carboxylic acids is 3. The molecule has 0 unspecified atom stereocenters. The summed E-state index contributed by atoms with van der Waals surface area (Å²) in [5.74, 6) is -1.10. The lowest BCUT2D eigenvalue weighted by molar-refractivity contribution is -0.120. The van der Waals surface area contributed by atoms with Gasteiger partial charge in [-0.3, -0.25) is 14.4 Å². The lowest BCUT2D eigenvalue weighted by Crippen LogP contribution is -2.48. The Morgan fingerprint density at radius 3 is 2.16 bits per heavy atom. The molecule has 0 spiro atoms. The van der Waals surface area contributed by atoms with Gasteiger partial charge < -0.3 is 15.1 Å².